The summed E-state index contributed by atoms with van der Waals surface area (Å²) in [4.78, 5) is 21.4. The lowest BCUT2D eigenvalue weighted by molar-refractivity contribution is -0.140. The Morgan fingerprint density at radius 2 is 1.77 bits per heavy atom. The summed E-state index contributed by atoms with van der Waals surface area (Å²) in [6.07, 6.45) is -0.499. The van der Waals surface area contributed by atoms with E-state index in [1.54, 1.807) is 0 Å². The standard InChI is InChI=1S/C20H20F3N5O2/c21-20(22,23)13-28-17-11-24-8-7-16(17)27(19(28)30)12-18-25-14-5-1-2-6-15(14)26(18)9-3-4-10-29/h1-2,5-8,11,29H,3-4,9-10,12-13H2. The zero-order valence-corrected chi connectivity index (χ0v) is 16.0. The van der Waals surface area contributed by atoms with Gasteiger partial charge in [0, 0.05) is 19.3 Å². The van der Waals surface area contributed by atoms with Gasteiger partial charge in [0.2, 0.25) is 0 Å². The third kappa shape index (κ3) is 3.82. The molecule has 0 amide bonds. The first-order chi connectivity index (χ1) is 14.4. The van der Waals surface area contributed by atoms with E-state index in [4.69, 9.17) is 5.11 Å². The number of pyridine rings is 1. The van der Waals surface area contributed by atoms with Crippen LogP contribution in [0.2, 0.25) is 0 Å². The largest absolute Gasteiger partial charge is 0.406 e. The number of aryl methyl sites for hydroxylation is 1. The van der Waals surface area contributed by atoms with Crippen LogP contribution in [0, 0.1) is 0 Å². The van der Waals surface area contributed by atoms with Crippen LogP contribution in [-0.2, 0) is 19.6 Å². The maximum atomic E-state index is 13.0. The van der Waals surface area contributed by atoms with Crippen molar-refractivity contribution in [3.63, 3.8) is 0 Å². The van der Waals surface area contributed by atoms with Gasteiger partial charge in [0.05, 0.1) is 34.8 Å². The number of nitrogens with zero attached hydrogens (tertiary/aromatic N) is 5. The Kier molecular flexibility index (Phi) is 5.33. The molecule has 10 heteroatoms. The van der Waals surface area contributed by atoms with Crippen LogP contribution in [0.25, 0.3) is 22.1 Å². The number of aliphatic hydroxyl groups is 1. The molecule has 0 aliphatic rings. The molecule has 0 aliphatic heterocycles. The highest BCUT2D eigenvalue weighted by atomic mass is 19.4. The number of unbranched alkanes of at least 4 members (excludes halogenated alkanes) is 1. The molecule has 0 saturated carbocycles. The molecule has 0 bridgehead atoms. The summed E-state index contributed by atoms with van der Waals surface area (Å²) in [7, 11) is 0. The van der Waals surface area contributed by atoms with E-state index in [0.29, 0.717) is 35.3 Å². The number of rotatable bonds is 7. The monoisotopic (exact) mass is 419 g/mol. The average molecular weight is 419 g/mol. The van der Waals surface area contributed by atoms with E-state index in [2.05, 4.69) is 9.97 Å². The molecule has 0 spiro atoms. The van der Waals surface area contributed by atoms with Gasteiger partial charge in [-0.05, 0) is 31.0 Å². The van der Waals surface area contributed by atoms with Gasteiger partial charge in [-0.2, -0.15) is 13.2 Å². The SMILES string of the molecule is O=c1n(Cc2nc3ccccc3n2CCCCO)c2ccncc2n1CC(F)(F)F. The van der Waals surface area contributed by atoms with Crippen molar-refractivity contribution >= 4 is 22.1 Å². The van der Waals surface area contributed by atoms with Crippen molar-refractivity contribution in [1.82, 2.24) is 23.7 Å². The maximum Gasteiger partial charge on any atom is 0.406 e. The minimum atomic E-state index is -4.53. The molecule has 0 atom stereocenters. The maximum absolute atomic E-state index is 13.0. The summed E-state index contributed by atoms with van der Waals surface area (Å²) >= 11 is 0. The van der Waals surface area contributed by atoms with Crippen LogP contribution in [0.1, 0.15) is 18.7 Å². The fourth-order valence-corrected chi connectivity index (χ4v) is 3.67. The molecule has 0 aliphatic carbocycles. The summed E-state index contributed by atoms with van der Waals surface area (Å²) in [6.45, 7) is -0.709. The van der Waals surface area contributed by atoms with Gasteiger partial charge in [-0.1, -0.05) is 12.1 Å². The summed E-state index contributed by atoms with van der Waals surface area (Å²) in [6, 6.07) is 9.02. The first-order valence-corrected chi connectivity index (χ1v) is 9.54. The predicted molar refractivity (Wildman–Crippen MR) is 105 cm³/mol. The lowest BCUT2D eigenvalue weighted by atomic mass is 10.3. The summed E-state index contributed by atoms with van der Waals surface area (Å²) in [5.74, 6) is 0.569. The fraction of sp³-hybridized carbons (Fsp3) is 0.350. The van der Waals surface area contributed by atoms with Crippen molar-refractivity contribution in [1.29, 1.82) is 0 Å². The van der Waals surface area contributed by atoms with E-state index in [-0.39, 0.29) is 18.7 Å². The third-order valence-corrected chi connectivity index (χ3v) is 4.98. The smallest absolute Gasteiger partial charge is 0.396 e. The highest BCUT2D eigenvalue weighted by Gasteiger charge is 2.31. The molecule has 30 heavy (non-hydrogen) atoms. The Morgan fingerprint density at radius 3 is 2.53 bits per heavy atom. The van der Waals surface area contributed by atoms with Crippen molar-refractivity contribution < 1.29 is 18.3 Å². The number of benzene rings is 1. The lowest BCUT2D eigenvalue weighted by Crippen LogP contribution is -2.30. The van der Waals surface area contributed by atoms with Gasteiger partial charge in [0.1, 0.15) is 12.4 Å². The topological polar surface area (TPSA) is 77.9 Å². The van der Waals surface area contributed by atoms with E-state index in [9.17, 15) is 18.0 Å². The number of halogens is 3. The summed E-state index contributed by atoms with van der Waals surface area (Å²) in [5, 5.41) is 9.09. The molecule has 0 unspecified atom stereocenters. The predicted octanol–water partition coefficient (Wildman–Crippen LogP) is 2.93. The number of hydrogen-bond donors (Lipinski definition) is 1. The Bertz CT molecular complexity index is 1240. The third-order valence-electron chi connectivity index (χ3n) is 4.98. The molecule has 1 aromatic carbocycles. The van der Waals surface area contributed by atoms with Gasteiger partial charge < -0.3 is 9.67 Å². The van der Waals surface area contributed by atoms with Gasteiger partial charge in [0.15, 0.2) is 0 Å². The van der Waals surface area contributed by atoms with Crippen molar-refractivity contribution in [2.45, 2.75) is 38.7 Å². The van der Waals surface area contributed by atoms with Crippen LogP contribution >= 0.6 is 0 Å². The lowest BCUT2D eigenvalue weighted by Gasteiger charge is -2.10. The Labute approximate surface area is 169 Å². The second kappa shape index (κ2) is 7.94. The van der Waals surface area contributed by atoms with Gasteiger partial charge >= 0.3 is 11.9 Å². The van der Waals surface area contributed by atoms with Gasteiger partial charge in [0.25, 0.3) is 0 Å². The number of para-hydroxylation sites is 2. The highest BCUT2D eigenvalue weighted by Crippen LogP contribution is 2.22. The zero-order valence-electron chi connectivity index (χ0n) is 16.0. The van der Waals surface area contributed by atoms with Crippen molar-refractivity contribution in [2.75, 3.05) is 6.61 Å². The minimum Gasteiger partial charge on any atom is -0.396 e. The van der Waals surface area contributed by atoms with E-state index in [0.717, 1.165) is 11.0 Å². The number of hydrogen-bond acceptors (Lipinski definition) is 4. The first kappa shape index (κ1) is 20.1. The average Bonchev–Trinajstić information content (AvgIpc) is 3.18. The van der Waals surface area contributed by atoms with Gasteiger partial charge in [-0.15, -0.1) is 0 Å². The van der Waals surface area contributed by atoms with Crippen molar-refractivity contribution in [2.24, 2.45) is 0 Å². The Morgan fingerprint density at radius 1 is 0.967 bits per heavy atom. The van der Waals surface area contributed by atoms with E-state index in [1.165, 1.54) is 23.0 Å². The molecular weight excluding hydrogens is 399 g/mol. The van der Waals surface area contributed by atoms with Crippen LogP contribution < -0.4 is 5.69 Å². The second-order valence-electron chi connectivity index (χ2n) is 7.03. The summed E-state index contributed by atoms with van der Waals surface area (Å²) < 4.78 is 43.1. The zero-order chi connectivity index (χ0) is 21.3. The van der Waals surface area contributed by atoms with E-state index in [1.807, 2.05) is 28.8 Å². The second-order valence-corrected chi connectivity index (χ2v) is 7.03. The van der Waals surface area contributed by atoms with Crippen LogP contribution in [0.4, 0.5) is 13.2 Å². The fourth-order valence-electron chi connectivity index (χ4n) is 3.67. The van der Waals surface area contributed by atoms with E-state index < -0.39 is 18.4 Å². The quantitative estimate of drug-likeness (QED) is 0.467. The first-order valence-electron chi connectivity index (χ1n) is 9.54. The molecule has 0 radical (unpaired) electrons. The normalized spacial score (nSPS) is 12.3. The number of aliphatic hydroxyl groups excluding tert-OH is 1. The molecule has 3 heterocycles. The minimum absolute atomic E-state index is 0.0258. The molecule has 3 aromatic heterocycles. The van der Waals surface area contributed by atoms with Crippen LogP contribution in [0.3, 0.4) is 0 Å². The van der Waals surface area contributed by atoms with Gasteiger partial charge in [-0.25, -0.2) is 9.78 Å². The molecule has 0 saturated heterocycles. The Hall–Kier alpha value is -3.14. The van der Waals surface area contributed by atoms with E-state index >= 15 is 0 Å². The number of fused-ring (bicyclic) bond motifs is 2. The molecule has 4 aromatic rings. The summed E-state index contributed by atoms with van der Waals surface area (Å²) in [5.41, 5.74) is 1.35. The molecule has 0 fully saturated rings. The van der Waals surface area contributed by atoms with Gasteiger partial charge in [-0.3, -0.25) is 14.1 Å². The molecule has 1 N–H and O–H groups in total. The highest BCUT2D eigenvalue weighted by molar-refractivity contribution is 5.77. The van der Waals surface area contributed by atoms with Crippen molar-refractivity contribution in [3.8, 4) is 0 Å². The number of imidazole rings is 2. The molecular formula is C20H20F3N5O2. The molecule has 158 valence electrons. The molecule has 7 nitrogen and oxygen atoms in total. The van der Waals surface area contributed by atoms with Crippen molar-refractivity contribution in [3.05, 3.63) is 59.0 Å². The van der Waals surface area contributed by atoms with Crippen LogP contribution in [-0.4, -0.2) is 41.6 Å². The van der Waals surface area contributed by atoms with Crippen LogP contribution in [0.15, 0.2) is 47.5 Å². The number of alkyl halides is 3. The van der Waals surface area contributed by atoms with Crippen LogP contribution in [0.5, 0.6) is 0 Å². The number of aromatic nitrogens is 5. The molecule has 4 rings (SSSR count). The Balaban J connectivity index is 1.82.